The van der Waals surface area contributed by atoms with Gasteiger partial charge in [-0.25, -0.2) is 0 Å². The summed E-state index contributed by atoms with van der Waals surface area (Å²) in [4.78, 5) is 14.1. The Morgan fingerprint density at radius 1 is 0.382 bits per heavy atom. The van der Waals surface area contributed by atoms with Gasteiger partial charge in [-0.1, -0.05) is 168 Å². The molecule has 0 aromatic carbocycles. The van der Waals surface area contributed by atoms with E-state index in [1.54, 1.807) is 6.92 Å². The molecule has 0 aliphatic carbocycles. The van der Waals surface area contributed by atoms with E-state index in [0.29, 0.717) is 0 Å². The second-order valence-electron chi connectivity index (χ2n) is 11.0. The molecule has 0 saturated carbocycles. The second-order valence-corrected chi connectivity index (χ2v) is 11.0. The molecule has 2 heteroatoms. The Balaban J connectivity index is 3.39. The van der Waals surface area contributed by atoms with Gasteiger partial charge in [0.15, 0.2) is 0 Å². The van der Waals surface area contributed by atoms with E-state index in [1.807, 2.05) is 0 Å². The first-order valence-electron chi connectivity index (χ1n) is 16.0. The first kappa shape index (κ1) is 33.5. The molecular weight excluding hydrogens is 414 g/mol. The highest BCUT2D eigenvalue weighted by Gasteiger charge is 2.07. The molecule has 0 aromatic heterocycles. The highest BCUT2D eigenvalue weighted by atomic mass is 16.2. The average molecular weight is 480 g/mol. The zero-order chi connectivity index (χ0) is 25.0. The first-order chi connectivity index (χ1) is 16.7. The predicted octanol–water partition coefficient (Wildman–Crippen LogP) is 11.0. The largest absolute Gasteiger partial charge is 0.343 e. The summed E-state index contributed by atoms with van der Waals surface area (Å²) < 4.78 is 0. The number of carbonyl (C=O) groups is 1. The third kappa shape index (κ3) is 26.1. The Morgan fingerprint density at radius 2 is 0.588 bits per heavy atom. The Morgan fingerprint density at radius 3 is 0.794 bits per heavy atom. The highest BCUT2D eigenvalue weighted by Crippen LogP contribution is 2.14. The lowest BCUT2D eigenvalue weighted by atomic mass is 10.0. The molecule has 0 spiro atoms. The van der Waals surface area contributed by atoms with Gasteiger partial charge in [-0.3, -0.25) is 4.79 Å². The van der Waals surface area contributed by atoms with Crippen LogP contribution in [0.5, 0.6) is 0 Å². The van der Waals surface area contributed by atoms with Crippen LogP contribution in [0, 0.1) is 0 Å². The summed E-state index contributed by atoms with van der Waals surface area (Å²) >= 11 is 0. The van der Waals surface area contributed by atoms with Crippen molar-refractivity contribution in [1.29, 1.82) is 0 Å². The van der Waals surface area contributed by atoms with Crippen LogP contribution < -0.4 is 0 Å². The van der Waals surface area contributed by atoms with Crippen molar-refractivity contribution in [2.45, 2.75) is 188 Å². The van der Waals surface area contributed by atoms with Crippen LogP contribution in [-0.2, 0) is 4.79 Å². The first-order valence-corrected chi connectivity index (χ1v) is 16.0. The van der Waals surface area contributed by atoms with E-state index >= 15 is 0 Å². The van der Waals surface area contributed by atoms with Gasteiger partial charge in [0.25, 0.3) is 0 Å². The van der Waals surface area contributed by atoms with E-state index in [0.717, 1.165) is 13.1 Å². The Labute approximate surface area is 216 Å². The lowest BCUT2D eigenvalue weighted by Crippen LogP contribution is -2.30. The molecule has 0 radical (unpaired) electrons. The van der Waals surface area contributed by atoms with Crippen LogP contribution in [0.3, 0.4) is 0 Å². The van der Waals surface area contributed by atoms with Crippen molar-refractivity contribution < 1.29 is 4.79 Å². The maximum absolute atomic E-state index is 12.0. The molecule has 0 atom stereocenters. The van der Waals surface area contributed by atoms with Crippen molar-refractivity contribution in [2.24, 2.45) is 0 Å². The maximum Gasteiger partial charge on any atom is 0.219 e. The van der Waals surface area contributed by atoms with E-state index in [4.69, 9.17) is 0 Å². The third-order valence-corrected chi connectivity index (χ3v) is 7.51. The van der Waals surface area contributed by atoms with Crippen molar-refractivity contribution in [3.05, 3.63) is 0 Å². The molecule has 0 aliphatic heterocycles. The topological polar surface area (TPSA) is 20.3 Å². The fraction of sp³-hybridized carbons (Fsp3) is 0.969. The van der Waals surface area contributed by atoms with Gasteiger partial charge in [0.2, 0.25) is 5.91 Å². The molecule has 1 amide bonds. The Hall–Kier alpha value is -0.530. The van der Waals surface area contributed by atoms with E-state index in [9.17, 15) is 4.79 Å². The van der Waals surface area contributed by atoms with Crippen molar-refractivity contribution in [3.8, 4) is 0 Å². The molecule has 0 saturated heterocycles. The smallest absolute Gasteiger partial charge is 0.219 e. The van der Waals surface area contributed by atoms with Crippen LogP contribution in [0.1, 0.15) is 188 Å². The van der Waals surface area contributed by atoms with Crippen molar-refractivity contribution in [1.82, 2.24) is 4.90 Å². The molecule has 0 bridgehead atoms. The zero-order valence-electron chi connectivity index (χ0n) is 24.2. The van der Waals surface area contributed by atoms with E-state index in [1.165, 1.54) is 167 Å². The fourth-order valence-electron chi connectivity index (χ4n) is 5.07. The van der Waals surface area contributed by atoms with Gasteiger partial charge in [-0.15, -0.1) is 0 Å². The Kier molecular flexibility index (Phi) is 28.3. The normalized spacial score (nSPS) is 11.3. The number of carbonyl (C=O) groups excluding carboxylic acids is 1. The molecule has 0 rings (SSSR count). The molecular formula is C32H65NO. The van der Waals surface area contributed by atoms with Crippen LogP contribution in [0.25, 0.3) is 0 Å². The minimum Gasteiger partial charge on any atom is -0.343 e. The predicted molar refractivity (Wildman–Crippen MR) is 154 cm³/mol. The van der Waals surface area contributed by atoms with E-state index in [2.05, 4.69) is 18.7 Å². The number of unbranched alkanes of at least 4 members (excludes halogenated alkanes) is 24. The Bertz CT molecular complexity index is 394. The number of hydrogen-bond donors (Lipinski definition) is 0. The number of nitrogens with zero attached hydrogens (tertiary/aromatic N) is 1. The minimum absolute atomic E-state index is 0.275. The van der Waals surface area contributed by atoms with Gasteiger partial charge < -0.3 is 4.90 Å². The molecule has 204 valence electrons. The zero-order valence-corrected chi connectivity index (χ0v) is 24.2. The van der Waals surface area contributed by atoms with Crippen LogP contribution in [0.2, 0.25) is 0 Å². The monoisotopic (exact) mass is 480 g/mol. The van der Waals surface area contributed by atoms with Crippen molar-refractivity contribution >= 4 is 5.91 Å². The van der Waals surface area contributed by atoms with Crippen molar-refractivity contribution in [3.63, 3.8) is 0 Å². The summed E-state index contributed by atoms with van der Waals surface area (Å²) in [6.07, 6.45) is 36.0. The second kappa shape index (κ2) is 28.7. The van der Waals surface area contributed by atoms with Gasteiger partial charge in [0.1, 0.15) is 0 Å². The highest BCUT2D eigenvalue weighted by molar-refractivity contribution is 5.73. The summed E-state index contributed by atoms with van der Waals surface area (Å²) in [6.45, 7) is 8.29. The number of amides is 1. The molecule has 0 unspecified atom stereocenters. The van der Waals surface area contributed by atoms with Crippen LogP contribution in [-0.4, -0.2) is 23.9 Å². The summed E-state index contributed by atoms with van der Waals surface area (Å²) in [7, 11) is 0. The van der Waals surface area contributed by atoms with Crippen LogP contribution >= 0.6 is 0 Å². The standard InChI is InChI=1S/C32H65NO/c1-4-6-8-10-12-14-16-17-18-19-21-23-25-27-29-31-33(32(3)34)30-28-26-24-22-20-15-13-11-9-7-5-2/h4-31H2,1-3H3. The summed E-state index contributed by atoms with van der Waals surface area (Å²) in [5.41, 5.74) is 0. The van der Waals surface area contributed by atoms with E-state index < -0.39 is 0 Å². The van der Waals surface area contributed by atoms with Crippen LogP contribution in [0.15, 0.2) is 0 Å². The molecule has 34 heavy (non-hydrogen) atoms. The maximum atomic E-state index is 12.0. The molecule has 2 nitrogen and oxygen atoms in total. The molecule has 0 aliphatic rings. The number of hydrogen-bond acceptors (Lipinski definition) is 1. The fourth-order valence-corrected chi connectivity index (χ4v) is 5.07. The van der Waals surface area contributed by atoms with Crippen LogP contribution in [0.4, 0.5) is 0 Å². The van der Waals surface area contributed by atoms with Gasteiger partial charge >= 0.3 is 0 Å². The SMILES string of the molecule is CCCCCCCCCCCCCCCCCN(CCCCCCCCCCCCC)C(C)=O. The van der Waals surface area contributed by atoms with Crippen molar-refractivity contribution in [2.75, 3.05) is 13.1 Å². The summed E-state index contributed by atoms with van der Waals surface area (Å²) in [6, 6.07) is 0. The summed E-state index contributed by atoms with van der Waals surface area (Å²) in [5, 5.41) is 0. The quantitative estimate of drug-likeness (QED) is 0.102. The molecule has 0 fully saturated rings. The molecule has 0 heterocycles. The minimum atomic E-state index is 0.275. The third-order valence-electron chi connectivity index (χ3n) is 7.51. The van der Waals surface area contributed by atoms with Gasteiger partial charge in [0.05, 0.1) is 0 Å². The summed E-state index contributed by atoms with van der Waals surface area (Å²) in [5.74, 6) is 0.275. The lowest BCUT2D eigenvalue weighted by molar-refractivity contribution is -0.129. The van der Waals surface area contributed by atoms with E-state index in [-0.39, 0.29) is 5.91 Å². The van der Waals surface area contributed by atoms with Gasteiger partial charge in [-0.2, -0.15) is 0 Å². The molecule has 0 aromatic rings. The average Bonchev–Trinajstić information content (AvgIpc) is 2.83. The number of rotatable bonds is 28. The van der Waals surface area contributed by atoms with Gasteiger partial charge in [0, 0.05) is 20.0 Å². The lowest BCUT2D eigenvalue weighted by Gasteiger charge is -2.21. The molecule has 0 N–H and O–H groups in total. The van der Waals surface area contributed by atoms with Gasteiger partial charge in [-0.05, 0) is 12.8 Å².